The molecule has 106 valence electrons. The molecule has 1 aromatic carbocycles. The third-order valence-corrected chi connectivity index (χ3v) is 3.12. The lowest BCUT2D eigenvalue weighted by Crippen LogP contribution is -2.01. The predicted molar refractivity (Wildman–Crippen MR) is 69.9 cm³/mol. The molecule has 3 rings (SSSR count). The molecule has 0 unspecified atom stereocenters. The summed E-state index contributed by atoms with van der Waals surface area (Å²) in [4.78, 5) is 16.3. The molecule has 0 saturated carbocycles. The fraction of sp³-hybridized carbons (Fsp3) is 0.143. The van der Waals surface area contributed by atoms with Crippen molar-refractivity contribution in [2.24, 2.45) is 0 Å². The van der Waals surface area contributed by atoms with Gasteiger partial charge in [-0.15, -0.1) is 0 Å². The normalized spacial score (nSPS) is 11.1. The number of benzene rings is 1. The van der Waals surface area contributed by atoms with Gasteiger partial charge >= 0.3 is 0 Å². The van der Waals surface area contributed by atoms with E-state index in [4.69, 9.17) is 0 Å². The van der Waals surface area contributed by atoms with Gasteiger partial charge in [0.05, 0.1) is 17.0 Å². The number of aryl methyl sites for hydroxylation is 2. The second-order valence-electron chi connectivity index (χ2n) is 4.53. The van der Waals surface area contributed by atoms with E-state index in [0.717, 1.165) is 6.33 Å². The molecule has 0 amide bonds. The molecule has 0 aliphatic carbocycles. The van der Waals surface area contributed by atoms with Crippen LogP contribution in [0.2, 0.25) is 0 Å². The number of hydrogen-bond donors (Lipinski definition) is 0. The van der Waals surface area contributed by atoms with Crippen LogP contribution in [-0.2, 0) is 0 Å². The van der Waals surface area contributed by atoms with E-state index in [0.29, 0.717) is 23.5 Å². The minimum absolute atomic E-state index is 0.0504. The van der Waals surface area contributed by atoms with Gasteiger partial charge in [0.15, 0.2) is 5.65 Å². The van der Waals surface area contributed by atoms with E-state index in [2.05, 4.69) is 19.9 Å². The molecule has 7 heteroatoms. The fourth-order valence-electron chi connectivity index (χ4n) is 1.99. The van der Waals surface area contributed by atoms with Crippen LogP contribution < -0.4 is 0 Å². The molecule has 0 aliphatic rings. The smallest absolute Gasteiger partial charge is 0.182 e. The van der Waals surface area contributed by atoms with Crippen molar-refractivity contribution in [3.05, 3.63) is 47.3 Å². The molecule has 0 fully saturated rings. The van der Waals surface area contributed by atoms with E-state index in [-0.39, 0.29) is 16.9 Å². The van der Waals surface area contributed by atoms with Crippen LogP contribution in [0.15, 0.2) is 18.5 Å². The van der Waals surface area contributed by atoms with Crippen molar-refractivity contribution in [2.75, 3.05) is 0 Å². The van der Waals surface area contributed by atoms with Gasteiger partial charge in [0.2, 0.25) is 0 Å². The highest BCUT2D eigenvalue weighted by molar-refractivity contribution is 5.87. The Morgan fingerprint density at radius 3 is 2.14 bits per heavy atom. The molecule has 2 heterocycles. The Balaban J connectivity index is 2.38. The van der Waals surface area contributed by atoms with Gasteiger partial charge in [-0.25, -0.2) is 33.1 Å². The summed E-state index contributed by atoms with van der Waals surface area (Å²) < 4.78 is 40.8. The Kier molecular flexibility index (Phi) is 3.04. The summed E-state index contributed by atoms with van der Waals surface area (Å²) in [6.45, 7) is 3.47. The van der Waals surface area contributed by atoms with Crippen molar-refractivity contribution < 1.29 is 13.2 Å². The Morgan fingerprint density at radius 2 is 1.48 bits per heavy atom. The van der Waals surface area contributed by atoms with Crippen LogP contribution in [0.25, 0.3) is 22.4 Å². The van der Waals surface area contributed by atoms with Crippen LogP contribution >= 0.6 is 0 Å². The quantitative estimate of drug-likeness (QED) is 0.691. The van der Waals surface area contributed by atoms with Gasteiger partial charge < -0.3 is 0 Å². The summed E-state index contributed by atoms with van der Waals surface area (Å²) in [7, 11) is 0. The summed E-state index contributed by atoms with van der Waals surface area (Å²) in [5, 5.41) is 0. The molecular weight excluding hydrogens is 281 g/mol. The molecule has 21 heavy (non-hydrogen) atoms. The molecule has 2 aromatic heterocycles. The van der Waals surface area contributed by atoms with Gasteiger partial charge in [-0.3, -0.25) is 0 Å². The lowest BCUT2D eigenvalue weighted by Gasteiger charge is -2.08. The summed E-state index contributed by atoms with van der Waals surface area (Å²) in [6.07, 6.45) is 1.14. The third kappa shape index (κ3) is 2.20. The van der Waals surface area contributed by atoms with Gasteiger partial charge in [-0.05, 0) is 13.8 Å². The number of fused-ring (bicyclic) bond motifs is 1. The molecule has 4 nitrogen and oxygen atoms in total. The van der Waals surface area contributed by atoms with E-state index >= 15 is 0 Å². The summed E-state index contributed by atoms with van der Waals surface area (Å²) in [5.74, 6) is -3.09. The Bertz CT molecular complexity index is 841. The standard InChI is InChI=1S/C14H9F3N4/c1-6-7(2)21-14-13(20-6)12(18-5-19-14)11-9(16)3-8(15)4-10(11)17/h3-5H,1-2H3. The highest BCUT2D eigenvalue weighted by Crippen LogP contribution is 2.29. The Morgan fingerprint density at radius 1 is 0.857 bits per heavy atom. The second-order valence-corrected chi connectivity index (χ2v) is 4.53. The predicted octanol–water partition coefficient (Wildman–Crippen LogP) is 3.12. The van der Waals surface area contributed by atoms with Gasteiger partial charge in [0.25, 0.3) is 0 Å². The van der Waals surface area contributed by atoms with Crippen molar-refractivity contribution in [1.82, 2.24) is 19.9 Å². The molecule has 0 bridgehead atoms. The van der Waals surface area contributed by atoms with Crippen LogP contribution in [0.1, 0.15) is 11.4 Å². The zero-order chi connectivity index (χ0) is 15.1. The SMILES string of the molecule is Cc1nc2ncnc(-c3c(F)cc(F)cc3F)c2nc1C. The Labute approximate surface area is 117 Å². The summed E-state index contributed by atoms with van der Waals surface area (Å²) in [5.41, 5.74) is 1.16. The van der Waals surface area contributed by atoms with Gasteiger partial charge in [-0.2, -0.15) is 0 Å². The second kappa shape index (κ2) is 4.76. The topological polar surface area (TPSA) is 51.6 Å². The summed E-state index contributed by atoms with van der Waals surface area (Å²) in [6, 6.07) is 1.20. The monoisotopic (exact) mass is 290 g/mol. The van der Waals surface area contributed by atoms with E-state index in [1.807, 2.05) is 0 Å². The van der Waals surface area contributed by atoms with E-state index in [1.54, 1.807) is 13.8 Å². The average Bonchev–Trinajstić information content (AvgIpc) is 2.39. The molecule has 0 radical (unpaired) electrons. The minimum atomic E-state index is -1.05. The Hall–Kier alpha value is -2.57. The highest BCUT2D eigenvalue weighted by atomic mass is 19.1. The highest BCUT2D eigenvalue weighted by Gasteiger charge is 2.19. The van der Waals surface area contributed by atoms with Crippen LogP contribution in [0.5, 0.6) is 0 Å². The van der Waals surface area contributed by atoms with Crippen LogP contribution in [0, 0.1) is 31.3 Å². The number of hydrogen-bond acceptors (Lipinski definition) is 4. The maximum atomic E-state index is 13.9. The van der Waals surface area contributed by atoms with Crippen molar-refractivity contribution in [3.63, 3.8) is 0 Å². The van der Waals surface area contributed by atoms with Crippen molar-refractivity contribution in [3.8, 4) is 11.3 Å². The fourth-order valence-corrected chi connectivity index (χ4v) is 1.99. The lowest BCUT2D eigenvalue weighted by atomic mass is 10.1. The van der Waals surface area contributed by atoms with Crippen LogP contribution in [0.3, 0.4) is 0 Å². The maximum absolute atomic E-state index is 13.9. The molecule has 0 saturated heterocycles. The maximum Gasteiger partial charge on any atom is 0.182 e. The number of nitrogens with zero attached hydrogens (tertiary/aromatic N) is 4. The molecule has 0 spiro atoms. The number of aromatic nitrogens is 4. The van der Waals surface area contributed by atoms with Gasteiger partial charge in [-0.1, -0.05) is 0 Å². The van der Waals surface area contributed by atoms with E-state index in [9.17, 15) is 13.2 Å². The van der Waals surface area contributed by atoms with Crippen molar-refractivity contribution in [2.45, 2.75) is 13.8 Å². The molecular formula is C14H9F3N4. The van der Waals surface area contributed by atoms with Gasteiger partial charge in [0, 0.05) is 12.1 Å². The molecule has 3 aromatic rings. The van der Waals surface area contributed by atoms with Crippen molar-refractivity contribution in [1.29, 1.82) is 0 Å². The minimum Gasteiger partial charge on any atom is -0.246 e. The van der Waals surface area contributed by atoms with Gasteiger partial charge in [0.1, 0.15) is 35.0 Å². The number of rotatable bonds is 1. The largest absolute Gasteiger partial charge is 0.246 e. The zero-order valence-electron chi connectivity index (χ0n) is 11.2. The van der Waals surface area contributed by atoms with Crippen molar-refractivity contribution >= 4 is 11.2 Å². The molecule has 0 N–H and O–H groups in total. The van der Waals surface area contributed by atoms with Crippen LogP contribution in [0.4, 0.5) is 13.2 Å². The molecule has 0 aliphatic heterocycles. The first-order valence-corrected chi connectivity index (χ1v) is 6.08. The van der Waals surface area contributed by atoms with E-state index in [1.165, 1.54) is 0 Å². The zero-order valence-corrected chi connectivity index (χ0v) is 11.2. The molecule has 0 atom stereocenters. The average molecular weight is 290 g/mol. The summed E-state index contributed by atoms with van der Waals surface area (Å²) >= 11 is 0. The first kappa shape index (κ1) is 13.4. The third-order valence-electron chi connectivity index (χ3n) is 3.12. The first-order valence-electron chi connectivity index (χ1n) is 6.08. The number of halogens is 3. The first-order chi connectivity index (χ1) is 9.97. The van der Waals surface area contributed by atoms with E-state index < -0.39 is 23.0 Å². The lowest BCUT2D eigenvalue weighted by molar-refractivity contribution is 0.547. The van der Waals surface area contributed by atoms with Crippen LogP contribution in [-0.4, -0.2) is 19.9 Å².